The van der Waals surface area contributed by atoms with Gasteiger partial charge in [0, 0.05) is 18.0 Å². The van der Waals surface area contributed by atoms with Crippen LogP contribution in [0, 0.1) is 11.7 Å². The fourth-order valence-electron chi connectivity index (χ4n) is 1.31. The first-order valence-corrected chi connectivity index (χ1v) is 4.77. The summed E-state index contributed by atoms with van der Waals surface area (Å²) in [4.78, 5) is 0. The van der Waals surface area contributed by atoms with Gasteiger partial charge in [0.05, 0.1) is 5.56 Å². The molecule has 0 unspecified atom stereocenters. The van der Waals surface area contributed by atoms with Crippen molar-refractivity contribution in [3.8, 4) is 0 Å². The highest BCUT2D eigenvalue weighted by Crippen LogP contribution is 2.37. The van der Waals surface area contributed by atoms with Crippen molar-refractivity contribution < 1.29 is 13.2 Å². The van der Waals surface area contributed by atoms with Gasteiger partial charge in [-0.05, 0) is 0 Å². The molecular weight excluding hydrogens is 203 g/mol. The fourth-order valence-corrected chi connectivity index (χ4v) is 1.31. The lowest BCUT2D eigenvalue weighted by Gasteiger charge is -2.22. The molecule has 0 aliphatic rings. The molecule has 0 atom stereocenters. The zero-order chi connectivity index (χ0) is 11.6. The smallest absolute Gasteiger partial charge is 0.278 e. The van der Waals surface area contributed by atoms with Crippen LogP contribution in [0.4, 0.5) is 13.2 Å². The number of rotatable bonds is 3. The molecule has 0 spiro atoms. The van der Waals surface area contributed by atoms with Crippen LogP contribution in [-0.2, 0) is 12.5 Å². The maximum atomic E-state index is 13.6. The van der Waals surface area contributed by atoms with Crippen molar-refractivity contribution in [1.29, 1.82) is 0 Å². The zero-order valence-electron chi connectivity index (χ0n) is 8.73. The monoisotopic (exact) mass is 217 g/mol. The van der Waals surface area contributed by atoms with Crippen LogP contribution in [0.3, 0.4) is 0 Å². The van der Waals surface area contributed by atoms with Gasteiger partial charge in [-0.2, -0.15) is 0 Å². The van der Waals surface area contributed by atoms with Gasteiger partial charge in [-0.25, -0.2) is 13.2 Å². The minimum Gasteiger partial charge on any atom is -0.326 e. The lowest BCUT2D eigenvalue weighted by Crippen LogP contribution is -2.23. The molecule has 0 amide bonds. The number of hydrogen-bond donors (Lipinski definition) is 1. The molecule has 1 nitrogen and oxygen atoms in total. The van der Waals surface area contributed by atoms with Crippen molar-refractivity contribution in [2.24, 2.45) is 11.7 Å². The highest BCUT2D eigenvalue weighted by molar-refractivity contribution is 5.29. The van der Waals surface area contributed by atoms with Crippen molar-refractivity contribution in [3.05, 3.63) is 35.1 Å². The van der Waals surface area contributed by atoms with Crippen LogP contribution in [0.25, 0.3) is 0 Å². The van der Waals surface area contributed by atoms with E-state index in [-0.39, 0.29) is 12.1 Å². The summed E-state index contributed by atoms with van der Waals surface area (Å²) < 4.78 is 40.7. The Labute approximate surface area is 87.1 Å². The fraction of sp³-hybridized carbons (Fsp3) is 0.455. The van der Waals surface area contributed by atoms with E-state index in [0.717, 1.165) is 6.07 Å². The second-order valence-corrected chi connectivity index (χ2v) is 3.76. The van der Waals surface area contributed by atoms with Crippen molar-refractivity contribution in [3.63, 3.8) is 0 Å². The number of hydrogen-bond acceptors (Lipinski definition) is 1. The Kier molecular flexibility index (Phi) is 3.39. The Balaban J connectivity index is 3.26. The van der Waals surface area contributed by atoms with Gasteiger partial charge in [-0.3, -0.25) is 0 Å². The Morgan fingerprint density at radius 2 is 1.93 bits per heavy atom. The molecule has 84 valence electrons. The third-order valence-electron chi connectivity index (χ3n) is 2.38. The summed E-state index contributed by atoms with van der Waals surface area (Å²) in [5, 5.41) is 0. The molecule has 1 aromatic carbocycles. The lowest BCUT2D eigenvalue weighted by molar-refractivity contribution is -0.0544. The van der Waals surface area contributed by atoms with Crippen molar-refractivity contribution in [2.45, 2.75) is 26.3 Å². The van der Waals surface area contributed by atoms with Crippen LogP contribution in [0.5, 0.6) is 0 Å². The van der Waals surface area contributed by atoms with Gasteiger partial charge >= 0.3 is 0 Å². The third kappa shape index (κ3) is 2.15. The Hall–Kier alpha value is -1.03. The van der Waals surface area contributed by atoms with E-state index < -0.39 is 23.2 Å². The van der Waals surface area contributed by atoms with E-state index in [9.17, 15) is 13.2 Å². The van der Waals surface area contributed by atoms with Gasteiger partial charge in [0.2, 0.25) is 0 Å². The van der Waals surface area contributed by atoms with E-state index in [4.69, 9.17) is 5.73 Å². The number of alkyl halides is 2. The molecule has 0 aromatic heterocycles. The molecule has 0 radical (unpaired) electrons. The highest BCUT2D eigenvalue weighted by atomic mass is 19.3. The molecule has 0 aliphatic heterocycles. The van der Waals surface area contributed by atoms with E-state index in [2.05, 4.69) is 0 Å². The van der Waals surface area contributed by atoms with Gasteiger partial charge in [0.1, 0.15) is 5.82 Å². The van der Waals surface area contributed by atoms with Gasteiger partial charge < -0.3 is 5.73 Å². The zero-order valence-corrected chi connectivity index (χ0v) is 8.73. The molecule has 4 heteroatoms. The maximum Gasteiger partial charge on any atom is 0.278 e. The largest absolute Gasteiger partial charge is 0.326 e. The van der Waals surface area contributed by atoms with Gasteiger partial charge in [-0.15, -0.1) is 0 Å². The number of nitrogens with two attached hydrogens (primary N) is 1. The van der Waals surface area contributed by atoms with E-state index in [1.165, 1.54) is 26.0 Å². The average molecular weight is 217 g/mol. The molecule has 1 rings (SSSR count). The van der Waals surface area contributed by atoms with Crippen LogP contribution in [0.2, 0.25) is 0 Å². The first-order valence-electron chi connectivity index (χ1n) is 4.77. The minimum absolute atomic E-state index is 0.0755. The van der Waals surface area contributed by atoms with Crippen molar-refractivity contribution in [2.75, 3.05) is 0 Å². The maximum absolute atomic E-state index is 13.6. The summed E-state index contributed by atoms with van der Waals surface area (Å²) in [5.74, 6) is -4.99. The standard InChI is InChI=1S/C11H14F3N/c1-7(2)11(13,14)9-5-3-4-8(6-15)10(9)12/h3-5,7H,6,15H2,1-2H3. The molecule has 0 fully saturated rings. The van der Waals surface area contributed by atoms with E-state index in [1.54, 1.807) is 0 Å². The molecule has 0 heterocycles. The quantitative estimate of drug-likeness (QED) is 0.827. The highest BCUT2D eigenvalue weighted by Gasteiger charge is 2.38. The first-order chi connectivity index (χ1) is 6.91. The van der Waals surface area contributed by atoms with Crippen LogP contribution in [0.15, 0.2) is 18.2 Å². The summed E-state index contributed by atoms with van der Waals surface area (Å²) >= 11 is 0. The first kappa shape index (κ1) is 12.0. The summed E-state index contributed by atoms with van der Waals surface area (Å²) in [6.45, 7) is 2.64. The van der Waals surface area contributed by atoms with Crippen molar-refractivity contribution >= 4 is 0 Å². The molecule has 2 N–H and O–H groups in total. The molecule has 15 heavy (non-hydrogen) atoms. The van der Waals surface area contributed by atoms with Gasteiger partial charge in [0.25, 0.3) is 5.92 Å². The third-order valence-corrected chi connectivity index (χ3v) is 2.38. The number of benzene rings is 1. The second-order valence-electron chi connectivity index (χ2n) is 3.76. The Bertz CT molecular complexity index is 348. The second kappa shape index (κ2) is 4.23. The Morgan fingerprint density at radius 3 is 2.40 bits per heavy atom. The summed E-state index contributed by atoms with van der Waals surface area (Å²) in [5.41, 5.74) is 4.80. The molecule has 0 saturated heterocycles. The molecule has 1 aromatic rings. The van der Waals surface area contributed by atoms with Crippen LogP contribution >= 0.6 is 0 Å². The SMILES string of the molecule is CC(C)C(F)(F)c1cccc(CN)c1F. The predicted octanol–water partition coefficient (Wildman–Crippen LogP) is 3.03. The predicted molar refractivity (Wildman–Crippen MR) is 53.0 cm³/mol. The van der Waals surface area contributed by atoms with Gasteiger partial charge in [0.15, 0.2) is 0 Å². The van der Waals surface area contributed by atoms with E-state index in [0.29, 0.717) is 0 Å². The normalized spacial score (nSPS) is 12.2. The molecular formula is C11H14F3N. The topological polar surface area (TPSA) is 26.0 Å². The molecule has 0 bridgehead atoms. The average Bonchev–Trinajstić information content (AvgIpc) is 2.17. The van der Waals surface area contributed by atoms with Gasteiger partial charge in [-0.1, -0.05) is 32.0 Å². The molecule has 0 saturated carbocycles. The van der Waals surface area contributed by atoms with E-state index in [1.807, 2.05) is 0 Å². The van der Waals surface area contributed by atoms with Crippen molar-refractivity contribution in [1.82, 2.24) is 0 Å². The lowest BCUT2D eigenvalue weighted by atomic mass is 9.95. The van der Waals surface area contributed by atoms with Crippen LogP contribution in [-0.4, -0.2) is 0 Å². The van der Waals surface area contributed by atoms with Crippen LogP contribution < -0.4 is 5.73 Å². The Morgan fingerprint density at radius 1 is 1.33 bits per heavy atom. The summed E-state index contributed by atoms with van der Waals surface area (Å²) in [7, 11) is 0. The number of halogens is 3. The minimum atomic E-state index is -3.16. The molecule has 0 aliphatic carbocycles. The summed E-state index contributed by atoms with van der Waals surface area (Å²) in [6, 6.07) is 3.92. The summed E-state index contributed by atoms with van der Waals surface area (Å²) in [6.07, 6.45) is 0. The van der Waals surface area contributed by atoms with E-state index >= 15 is 0 Å². The van der Waals surface area contributed by atoms with Crippen LogP contribution in [0.1, 0.15) is 25.0 Å².